The summed E-state index contributed by atoms with van der Waals surface area (Å²) < 4.78 is 34.1. The maximum Gasteiger partial charge on any atom is 0.150 e. The maximum absolute atomic E-state index is 11.4. The van der Waals surface area contributed by atoms with Gasteiger partial charge in [0, 0.05) is 22.7 Å². The SMILES string of the molecule is CCCOc1ccc(CBr)c(OCCCS(=O)(=O)CC)c1. The third-order valence-electron chi connectivity index (χ3n) is 2.95. The second kappa shape index (κ2) is 9.30. The molecule has 120 valence electrons. The molecule has 0 aliphatic carbocycles. The van der Waals surface area contributed by atoms with Crippen LogP contribution in [0.25, 0.3) is 0 Å². The number of benzene rings is 1. The molecular formula is C15H23BrO4S. The predicted octanol–water partition coefficient (Wildman–Crippen LogP) is 3.57. The highest BCUT2D eigenvalue weighted by molar-refractivity contribution is 9.08. The minimum absolute atomic E-state index is 0.166. The van der Waals surface area contributed by atoms with Crippen molar-refractivity contribution in [3.05, 3.63) is 23.8 Å². The Kier molecular flexibility index (Phi) is 8.11. The fourth-order valence-corrected chi connectivity index (χ4v) is 3.00. The van der Waals surface area contributed by atoms with Crippen LogP contribution in [0, 0.1) is 0 Å². The van der Waals surface area contributed by atoms with Crippen LogP contribution in [0.5, 0.6) is 11.5 Å². The molecular weight excluding hydrogens is 356 g/mol. The smallest absolute Gasteiger partial charge is 0.150 e. The Hall–Kier alpha value is -0.750. The van der Waals surface area contributed by atoms with E-state index in [9.17, 15) is 8.42 Å². The van der Waals surface area contributed by atoms with Gasteiger partial charge in [0.2, 0.25) is 0 Å². The molecule has 0 aliphatic heterocycles. The number of hydrogen-bond acceptors (Lipinski definition) is 4. The molecule has 0 radical (unpaired) electrons. The molecule has 0 unspecified atom stereocenters. The predicted molar refractivity (Wildman–Crippen MR) is 89.3 cm³/mol. The molecule has 1 aromatic rings. The molecule has 0 aromatic heterocycles. The average molecular weight is 379 g/mol. The summed E-state index contributed by atoms with van der Waals surface area (Å²) in [5.41, 5.74) is 1.03. The van der Waals surface area contributed by atoms with Crippen molar-refractivity contribution < 1.29 is 17.9 Å². The summed E-state index contributed by atoms with van der Waals surface area (Å²) in [6.45, 7) is 4.77. The van der Waals surface area contributed by atoms with Gasteiger partial charge in [0.1, 0.15) is 21.3 Å². The van der Waals surface area contributed by atoms with Gasteiger partial charge in [0.05, 0.1) is 19.0 Å². The number of rotatable bonds is 10. The van der Waals surface area contributed by atoms with E-state index in [-0.39, 0.29) is 11.5 Å². The van der Waals surface area contributed by atoms with Crippen molar-refractivity contribution in [1.82, 2.24) is 0 Å². The molecule has 0 spiro atoms. The van der Waals surface area contributed by atoms with E-state index in [2.05, 4.69) is 22.9 Å². The van der Waals surface area contributed by atoms with Crippen LogP contribution < -0.4 is 9.47 Å². The quantitative estimate of drug-likeness (QED) is 0.461. The van der Waals surface area contributed by atoms with Gasteiger partial charge in [-0.05, 0) is 18.9 Å². The van der Waals surface area contributed by atoms with Crippen molar-refractivity contribution in [2.24, 2.45) is 0 Å². The number of alkyl halides is 1. The molecule has 0 saturated heterocycles. The van der Waals surface area contributed by atoms with E-state index in [1.54, 1.807) is 6.92 Å². The Morgan fingerprint density at radius 1 is 1.14 bits per heavy atom. The second-order valence-electron chi connectivity index (χ2n) is 4.69. The molecule has 0 amide bonds. The lowest BCUT2D eigenvalue weighted by molar-refractivity contribution is 0.300. The summed E-state index contributed by atoms with van der Waals surface area (Å²) in [5, 5.41) is 0.684. The zero-order valence-electron chi connectivity index (χ0n) is 12.6. The van der Waals surface area contributed by atoms with Gasteiger partial charge >= 0.3 is 0 Å². The molecule has 21 heavy (non-hydrogen) atoms. The average Bonchev–Trinajstić information content (AvgIpc) is 2.49. The Bertz CT molecular complexity index is 528. The zero-order valence-corrected chi connectivity index (χ0v) is 15.0. The Balaban J connectivity index is 2.59. The lowest BCUT2D eigenvalue weighted by Gasteiger charge is -2.12. The van der Waals surface area contributed by atoms with Crippen molar-refractivity contribution in [3.63, 3.8) is 0 Å². The van der Waals surface area contributed by atoms with E-state index < -0.39 is 9.84 Å². The number of ether oxygens (including phenoxy) is 2. The van der Waals surface area contributed by atoms with Crippen LogP contribution in [0.2, 0.25) is 0 Å². The van der Waals surface area contributed by atoms with E-state index in [0.717, 1.165) is 23.5 Å². The first kappa shape index (κ1) is 18.3. The van der Waals surface area contributed by atoms with Crippen molar-refractivity contribution in [1.29, 1.82) is 0 Å². The van der Waals surface area contributed by atoms with Gasteiger partial charge < -0.3 is 9.47 Å². The lowest BCUT2D eigenvalue weighted by Crippen LogP contribution is -2.12. The first-order valence-corrected chi connectivity index (χ1v) is 10.1. The third kappa shape index (κ3) is 6.70. The van der Waals surface area contributed by atoms with Crippen LogP contribution in [0.4, 0.5) is 0 Å². The minimum atomic E-state index is -2.92. The molecule has 4 nitrogen and oxygen atoms in total. The molecule has 0 heterocycles. The number of sulfone groups is 1. The van der Waals surface area contributed by atoms with Crippen LogP contribution in [0.15, 0.2) is 18.2 Å². The third-order valence-corrected chi connectivity index (χ3v) is 5.35. The van der Waals surface area contributed by atoms with Crippen LogP contribution >= 0.6 is 15.9 Å². The molecule has 0 saturated carbocycles. The Morgan fingerprint density at radius 2 is 1.90 bits per heavy atom. The molecule has 1 aromatic carbocycles. The standard InChI is InChI=1S/C15H23BrO4S/c1-3-8-19-14-7-6-13(12-16)15(11-14)20-9-5-10-21(17,18)4-2/h6-7,11H,3-5,8-10,12H2,1-2H3. The second-order valence-corrected chi connectivity index (χ2v) is 7.72. The largest absolute Gasteiger partial charge is 0.493 e. The highest BCUT2D eigenvalue weighted by Gasteiger charge is 2.09. The molecule has 0 aliphatic rings. The number of halogens is 1. The van der Waals surface area contributed by atoms with Crippen LogP contribution in [-0.2, 0) is 15.2 Å². The first-order valence-electron chi connectivity index (χ1n) is 7.17. The molecule has 1 rings (SSSR count). The van der Waals surface area contributed by atoms with E-state index in [1.165, 1.54) is 0 Å². The first-order chi connectivity index (χ1) is 10.0. The van der Waals surface area contributed by atoms with E-state index in [0.29, 0.717) is 25.0 Å². The number of hydrogen-bond donors (Lipinski definition) is 0. The monoisotopic (exact) mass is 378 g/mol. The lowest BCUT2D eigenvalue weighted by atomic mass is 10.2. The van der Waals surface area contributed by atoms with Gasteiger partial charge in [-0.15, -0.1) is 0 Å². The summed E-state index contributed by atoms with van der Waals surface area (Å²) in [6.07, 6.45) is 1.45. The van der Waals surface area contributed by atoms with Crippen molar-refractivity contribution in [2.75, 3.05) is 24.7 Å². The summed E-state index contributed by atoms with van der Waals surface area (Å²) in [7, 11) is -2.92. The Morgan fingerprint density at radius 3 is 2.52 bits per heavy atom. The van der Waals surface area contributed by atoms with Crippen molar-refractivity contribution in [2.45, 2.75) is 32.0 Å². The van der Waals surface area contributed by atoms with E-state index in [4.69, 9.17) is 9.47 Å². The van der Waals surface area contributed by atoms with Gasteiger partial charge in [0.25, 0.3) is 0 Å². The van der Waals surface area contributed by atoms with Gasteiger partial charge in [-0.25, -0.2) is 8.42 Å². The zero-order chi connectivity index (χ0) is 15.7. The highest BCUT2D eigenvalue weighted by atomic mass is 79.9. The van der Waals surface area contributed by atoms with Crippen LogP contribution in [0.1, 0.15) is 32.3 Å². The topological polar surface area (TPSA) is 52.6 Å². The van der Waals surface area contributed by atoms with Gasteiger partial charge in [-0.1, -0.05) is 35.8 Å². The van der Waals surface area contributed by atoms with E-state index >= 15 is 0 Å². The maximum atomic E-state index is 11.4. The fraction of sp³-hybridized carbons (Fsp3) is 0.600. The summed E-state index contributed by atoms with van der Waals surface area (Å²) in [4.78, 5) is 0. The summed E-state index contributed by atoms with van der Waals surface area (Å²) in [6, 6.07) is 5.74. The van der Waals surface area contributed by atoms with Crippen molar-refractivity contribution >= 4 is 25.8 Å². The summed E-state index contributed by atoms with van der Waals surface area (Å²) in [5.74, 6) is 1.87. The normalized spacial score (nSPS) is 11.4. The molecule has 6 heteroatoms. The van der Waals surface area contributed by atoms with Crippen LogP contribution in [0.3, 0.4) is 0 Å². The van der Waals surface area contributed by atoms with Crippen molar-refractivity contribution in [3.8, 4) is 11.5 Å². The van der Waals surface area contributed by atoms with E-state index in [1.807, 2.05) is 18.2 Å². The molecule has 0 N–H and O–H groups in total. The fourth-order valence-electron chi connectivity index (χ4n) is 1.69. The van der Waals surface area contributed by atoms with Gasteiger partial charge in [0.15, 0.2) is 0 Å². The minimum Gasteiger partial charge on any atom is -0.493 e. The van der Waals surface area contributed by atoms with Gasteiger partial charge in [-0.3, -0.25) is 0 Å². The Labute approximate surface area is 135 Å². The van der Waals surface area contributed by atoms with Gasteiger partial charge in [-0.2, -0.15) is 0 Å². The molecule has 0 bridgehead atoms. The molecule has 0 fully saturated rings. The highest BCUT2D eigenvalue weighted by Crippen LogP contribution is 2.27. The molecule has 0 atom stereocenters. The van der Waals surface area contributed by atoms with Crippen LogP contribution in [-0.4, -0.2) is 33.1 Å². The summed E-state index contributed by atoms with van der Waals surface area (Å²) >= 11 is 3.42.